The first kappa shape index (κ1) is 21.6. The Bertz CT molecular complexity index is 732. The first-order valence-electron chi connectivity index (χ1n) is 9.97. The summed E-state index contributed by atoms with van der Waals surface area (Å²) >= 11 is 0. The number of nitrogens with one attached hydrogen (secondary N) is 1. The number of ether oxygens (including phenoxy) is 3. The fraction of sp³-hybridized carbons (Fsp3) is 0.435. The third-order valence-electron chi connectivity index (χ3n) is 4.34. The minimum Gasteiger partial charge on any atom is -0.497 e. The van der Waals surface area contributed by atoms with Crippen LogP contribution in [-0.2, 0) is 11.2 Å². The van der Waals surface area contributed by atoms with Crippen LogP contribution in [0.15, 0.2) is 48.5 Å². The molecule has 5 nitrogen and oxygen atoms in total. The van der Waals surface area contributed by atoms with Crippen LogP contribution in [0.2, 0.25) is 0 Å². The van der Waals surface area contributed by atoms with E-state index >= 15 is 0 Å². The zero-order valence-corrected chi connectivity index (χ0v) is 17.1. The predicted octanol–water partition coefficient (Wildman–Crippen LogP) is 4.39. The van der Waals surface area contributed by atoms with Crippen molar-refractivity contribution in [3.8, 4) is 17.2 Å². The summed E-state index contributed by atoms with van der Waals surface area (Å²) < 4.78 is 16.8. The van der Waals surface area contributed by atoms with E-state index in [1.165, 1.54) is 5.56 Å². The average molecular weight is 386 g/mol. The molecule has 0 heterocycles. The number of rotatable bonds is 12. The molecule has 2 aromatic carbocycles. The molecule has 1 atom stereocenters. The van der Waals surface area contributed by atoms with Crippen molar-refractivity contribution in [2.45, 2.75) is 45.6 Å². The van der Waals surface area contributed by atoms with Gasteiger partial charge in [-0.25, -0.2) is 0 Å². The van der Waals surface area contributed by atoms with Gasteiger partial charge in [0.25, 0.3) is 5.91 Å². The number of carbonyl (C=O) groups is 1. The molecule has 0 radical (unpaired) electrons. The van der Waals surface area contributed by atoms with Gasteiger partial charge in [0.2, 0.25) is 0 Å². The Balaban J connectivity index is 1.80. The van der Waals surface area contributed by atoms with Crippen molar-refractivity contribution in [3.63, 3.8) is 0 Å². The van der Waals surface area contributed by atoms with Crippen molar-refractivity contribution < 1.29 is 19.0 Å². The monoisotopic (exact) mass is 385 g/mol. The van der Waals surface area contributed by atoms with Gasteiger partial charge in [0.1, 0.15) is 17.2 Å². The fourth-order valence-electron chi connectivity index (χ4n) is 2.83. The Labute approximate surface area is 168 Å². The Morgan fingerprint density at radius 2 is 1.86 bits per heavy atom. The number of hydrogen-bond donors (Lipinski definition) is 1. The van der Waals surface area contributed by atoms with E-state index in [1.54, 1.807) is 13.2 Å². The molecule has 2 aromatic rings. The lowest BCUT2D eigenvalue weighted by molar-refractivity contribution is -0.128. The van der Waals surface area contributed by atoms with Gasteiger partial charge in [-0.15, -0.1) is 0 Å². The van der Waals surface area contributed by atoms with Crippen LogP contribution < -0.4 is 19.5 Å². The molecule has 0 aliphatic rings. The molecule has 1 N–H and O–H groups in total. The highest BCUT2D eigenvalue weighted by Crippen LogP contribution is 2.21. The summed E-state index contributed by atoms with van der Waals surface area (Å²) in [7, 11) is 1.61. The maximum absolute atomic E-state index is 12.5. The molecule has 2 rings (SSSR count). The minimum absolute atomic E-state index is 0.0964. The quantitative estimate of drug-likeness (QED) is 0.551. The van der Waals surface area contributed by atoms with Crippen LogP contribution in [0, 0.1) is 0 Å². The van der Waals surface area contributed by atoms with Gasteiger partial charge in [0.15, 0.2) is 6.10 Å². The summed E-state index contributed by atoms with van der Waals surface area (Å²) in [5.74, 6) is 2.17. The lowest BCUT2D eigenvalue weighted by Gasteiger charge is -2.18. The molecule has 0 spiro atoms. The topological polar surface area (TPSA) is 56.8 Å². The molecule has 0 saturated carbocycles. The largest absolute Gasteiger partial charge is 0.497 e. The normalized spacial score (nSPS) is 11.5. The average Bonchev–Trinajstić information content (AvgIpc) is 2.74. The first-order valence-corrected chi connectivity index (χ1v) is 9.97. The maximum Gasteiger partial charge on any atom is 0.261 e. The summed E-state index contributed by atoms with van der Waals surface area (Å²) in [4.78, 5) is 12.5. The van der Waals surface area contributed by atoms with Crippen molar-refractivity contribution in [1.82, 2.24) is 5.32 Å². The van der Waals surface area contributed by atoms with Crippen LogP contribution >= 0.6 is 0 Å². The third kappa shape index (κ3) is 6.80. The van der Waals surface area contributed by atoms with Crippen LogP contribution in [0.4, 0.5) is 0 Å². The Hall–Kier alpha value is -2.69. The van der Waals surface area contributed by atoms with Crippen molar-refractivity contribution >= 4 is 5.91 Å². The number of carbonyl (C=O) groups excluding carboxylic acids is 1. The Morgan fingerprint density at radius 1 is 1.07 bits per heavy atom. The highest BCUT2D eigenvalue weighted by atomic mass is 16.5. The smallest absolute Gasteiger partial charge is 0.261 e. The second kappa shape index (κ2) is 11.9. The van der Waals surface area contributed by atoms with Crippen LogP contribution in [0.5, 0.6) is 17.2 Å². The number of hydrogen-bond acceptors (Lipinski definition) is 4. The molecule has 0 fully saturated rings. The molecule has 0 saturated heterocycles. The van der Waals surface area contributed by atoms with E-state index in [4.69, 9.17) is 14.2 Å². The van der Waals surface area contributed by atoms with E-state index in [-0.39, 0.29) is 5.91 Å². The SMILES string of the molecule is CCCOc1ccccc1CCCNC(=O)[C@H](CC)Oc1cccc(OC)c1. The molecule has 0 aliphatic heterocycles. The van der Waals surface area contributed by atoms with Crippen LogP contribution in [0.1, 0.15) is 38.7 Å². The minimum atomic E-state index is -0.521. The molecule has 0 unspecified atom stereocenters. The van der Waals surface area contributed by atoms with Crippen molar-refractivity contribution in [2.75, 3.05) is 20.3 Å². The molecule has 0 bridgehead atoms. The van der Waals surface area contributed by atoms with E-state index < -0.39 is 6.10 Å². The van der Waals surface area contributed by atoms with Crippen molar-refractivity contribution in [1.29, 1.82) is 0 Å². The summed E-state index contributed by atoms with van der Waals surface area (Å²) in [6.45, 7) is 5.34. The number of aryl methyl sites for hydroxylation is 1. The molecule has 1 amide bonds. The highest BCUT2D eigenvalue weighted by Gasteiger charge is 2.18. The summed E-state index contributed by atoms with van der Waals surface area (Å²) in [5.41, 5.74) is 1.17. The first-order chi connectivity index (χ1) is 13.7. The van der Waals surface area contributed by atoms with Crippen LogP contribution in [0.3, 0.4) is 0 Å². The summed E-state index contributed by atoms with van der Waals surface area (Å²) in [5, 5.41) is 2.98. The highest BCUT2D eigenvalue weighted by molar-refractivity contribution is 5.81. The number of benzene rings is 2. The maximum atomic E-state index is 12.5. The van der Waals surface area contributed by atoms with Crippen LogP contribution in [0.25, 0.3) is 0 Å². The lowest BCUT2D eigenvalue weighted by Crippen LogP contribution is -2.38. The molecule has 5 heteroatoms. The van der Waals surface area contributed by atoms with Gasteiger partial charge in [0.05, 0.1) is 13.7 Å². The van der Waals surface area contributed by atoms with Gasteiger partial charge < -0.3 is 19.5 Å². The third-order valence-corrected chi connectivity index (χ3v) is 4.34. The molecule has 28 heavy (non-hydrogen) atoms. The zero-order valence-electron chi connectivity index (χ0n) is 17.1. The Kier molecular flexibility index (Phi) is 9.19. The summed E-state index contributed by atoms with van der Waals surface area (Å²) in [6.07, 6.45) is 2.75. The van der Waals surface area contributed by atoms with Gasteiger partial charge in [-0.05, 0) is 49.4 Å². The predicted molar refractivity (Wildman–Crippen MR) is 111 cm³/mol. The van der Waals surface area contributed by atoms with Crippen molar-refractivity contribution in [2.24, 2.45) is 0 Å². The van der Waals surface area contributed by atoms with E-state index in [0.29, 0.717) is 31.1 Å². The zero-order chi connectivity index (χ0) is 20.2. The number of methoxy groups -OCH3 is 1. The number of amides is 1. The summed E-state index contributed by atoms with van der Waals surface area (Å²) in [6, 6.07) is 15.4. The fourth-order valence-corrected chi connectivity index (χ4v) is 2.83. The molecular formula is C23H31NO4. The second-order valence-electron chi connectivity index (χ2n) is 6.54. The second-order valence-corrected chi connectivity index (χ2v) is 6.54. The molecular weight excluding hydrogens is 354 g/mol. The molecule has 0 aliphatic carbocycles. The van der Waals surface area contributed by atoms with Gasteiger partial charge in [-0.2, -0.15) is 0 Å². The van der Waals surface area contributed by atoms with E-state index in [0.717, 1.165) is 25.0 Å². The lowest BCUT2D eigenvalue weighted by atomic mass is 10.1. The Morgan fingerprint density at radius 3 is 2.61 bits per heavy atom. The van der Waals surface area contributed by atoms with Gasteiger partial charge in [-0.3, -0.25) is 4.79 Å². The van der Waals surface area contributed by atoms with E-state index in [1.807, 2.05) is 43.3 Å². The molecule has 0 aromatic heterocycles. The van der Waals surface area contributed by atoms with Gasteiger partial charge >= 0.3 is 0 Å². The van der Waals surface area contributed by atoms with Crippen molar-refractivity contribution in [3.05, 3.63) is 54.1 Å². The van der Waals surface area contributed by atoms with Crippen LogP contribution in [-0.4, -0.2) is 32.3 Å². The van der Waals surface area contributed by atoms with E-state index in [2.05, 4.69) is 18.3 Å². The van der Waals surface area contributed by atoms with Gasteiger partial charge in [0, 0.05) is 12.6 Å². The standard InChI is InChI=1S/C23H31NO4/c1-4-16-27-22-14-7-6-10-18(22)11-9-15-24-23(25)21(5-2)28-20-13-8-12-19(17-20)26-3/h6-8,10,12-14,17,21H,4-5,9,11,15-16H2,1-3H3,(H,24,25)/t21-/m0/s1. The number of para-hydroxylation sites is 1. The molecule has 152 valence electrons. The van der Waals surface area contributed by atoms with Gasteiger partial charge in [-0.1, -0.05) is 38.1 Å². The van der Waals surface area contributed by atoms with E-state index in [9.17, 15) is 4.79 Å².